The monoisotopic (exact) mass is 248 g/mol. The maximum Gasteiger partial charge on any atom is 0.259 e. The van der Waals surface area contributed by atoms with Gasteiger partial charge in [0.15, 0.2) is 0 Å². The minimum Gasteiger partial charge on any atom is -0.496 e. The van der Waals surface area contributed by atoms with Gasteiger partial charge in [0.2, 0.25) is 0 Å². The van der Waals surface area contributed by atoms with Crippen LogP contribution in [0.5, 0.6) is 11.5 Å². The average molecular weight is 248 g/mol. The molecule has 0 aliphatic heterocycles. The summed E-state index contributed by atoms with van der Waals surface area (Å²) in [7, 11) is 2.96. The summed E-state index contributed by atoms with van der Waals surface area (Å²) in [6.07, 6.45) is 0.541. The number of carbonyl (C=O) groups excluding carboxylic acids is 1. The molecule has 96 valence electrons. The molecule has 1 rings (SSSR count). The van der Waals surface area contributed by atoms with Gasteiger partial charge < -0.3 is 14.8 Å². The molecule has 0 aromatic heterocycles. The van der Waals surface area contributed by atoms with Gasteiger partial charge in [-0.25, -0.2) is 0 Å². The van der Waals surface area contributed by atoms with Crippen LogP contribution < -0.4 is 14.8 Å². The lowest BCUT2D eigenvalue weighted by Crippen LogP contribution is -2.33. The second kappa shape index (κ2) is 6.50. The summed E-state index contributed by atoms with van der Waals surface area (Å²) in [6.45, 7) is 1.83. The Kier molecular flexibility index (Phi) is 5.00. The molecule has 1 aromatic carbocycles. The molecule has 1 amide bonds. The molecule has 0 aliphatic carbocycles. The molecule has 0 fully saturated rings. The van der Waals surface area contributed by atoms with Crippen LogP contribution in [0, 0.1) is 11.3 Å². The van der Waals surface area contributed by atoms with E-state index in [4.69, 9.17) is 14.7 Å². The standard InChI is InChI=1S/C13H16N2O3/c1-4-9(8-14)15-13(16)12-10(17-2)6-5-7-11(12)18-3/h5-7,9H,4H2,1-3H3,(H,15,16). The Morgan fingerprint density at radius 3 is 2.33 bits per heavy atom. The van der Waals surface area contributed by atoms with Crippen LogP contribution >= 0.6 is 0 Å². The zero-order valence-corrected chi connectivity index (χ0v) is 10.7. The second-order valence-corrected chi connectivity index (χ2v) is 3.60. The molecule has 1 N–H and O–H groups in total. The van der Waals surface area contributed by atoms with Gasteiger partial charge in [-0.15, -0.1) is 0 Å². The van der Waals surface area contributed by atoms with Crippen molar-refractivity contribution in [2.45, 2.75) is 19.4 Å². The fourth-order valence-electron chi connectivity index (χ4n) is 1.53. The lowest BCUT2D eigenvalue weighted by Gasteiger charge is -2.14. The molecule has 0 radical (unpaired) electrons. The number of nitriles is 1. The van der Waals surface area contributed by atoms with E-state index in [-0.39, 0.29) is 5.91 Å². The summed E-state index contributed by atoms with van der Waals surface area (Å²) < 4.78 is 10.3. The van der Waals surface area contributed by atoms with Gasteiger partial charge in [0.1, 0.15) is 23.1 Å². The predicted molar refractivity (Wildman–Crippen MR) is 66.7 cm³/mol. The number of methoxy groups -OCH3 is 2. The molecule has 0 aliphatic rings. The maximum atomic E-state index is 12.1. The number of amides is 1. The molecular weight excluding hydrogens is 232 g/mol. The lowest BCUT2D eigenvalue weighted by molar-refractivity contribution is 0.0938. The van der Waals surface area contributed by atoms with Crippen molar-refractivity contribution in [1.29, 1.82) is 5.26 Å². The third kappa shape index (κ3) is 2.92. The Balaban J connectivity index is 3.07. The topological polar surface area (TPSA) is 71.4 Å². The van der Waals surface area contributed by atoms with Gasteiger partial charge in [0, 0.05) is 0 Å². The molecule has 18 heavy (non-hydrogen) atoms. The number of nitrogens with one attached hydrogen (secondary N) is 1. The van der Waals surface area contributed by atoms with Crippen LogP contribution in [0.15, 0.2) is 18.2 Å². The van der Waals surface area contributed by atoms with E-state index in [1.807, 2.05) is 13.0 Å². The van der Waals surface area contributed by atoms with Crippen molar-refractivity contribution >= 4 is 5.91 Å². The molecule has 5 heteroatoms. The first kappa shape index (κ1) is 13.8. The van der Waals surface area contributed by atoms with Crippen LogP contribution in [0.25, 0.3) is 0 Å². The fourth-order valence-corrected chi connectivity index (χ4v) is 1.53. The predicted octanol–water partition coefficient (Wildman–Crippen LogP) is 1.74. The van der Waals surface area contributed by atoms with E-state index in [1.54, 1.807) is 18.2 Å². The summed E-state index contributed by atoms with van der Waals surface area (Å²) in [5.41, 5.74) is 0.302. The highest BCUT2D eigenvalue weighted by molar-refractivity contribution is 6.00. The van der Waals surface area contributed by atoms with Gasteiger partial charge in [-0.2, -0.15) is 5.26 Å². The second-order valence-electron chi connectivity index (χ2n) is 3.60. The summed E-state index contributed by atoms with van der Waals surface area (Å²) in [5.74, 6) is 0.456. The van der Waals surface area contributed by atoms with Crippen molar-refractivity contribution in [3.8, 4) is 17.6 Å². The van der Waals surface area contributed by atoms with E-state index in [2.05, 4.69) is 5.32 Å². The molecule has 1 unspecified atom stereocenters. The van der Waals surface area contributed by atoms with E-state index in [1.165, 1.54) is 14.2 Å². The summed E-state index contributed by atoms with van der Waals surface area (Å²) in [4.78, 5) is 12.1. The van der Waals surface area contributed by atoms with E-state index >= 15 is 0 Å². The molecular formula is C13H16N2O3. The van der Waals surface area contributed by atoms with Crippen LogP contribution in [0.4, 0.5) is 0 Å². The minimum atomic E-state index is -0.521. The van der Waals surface area contributed by atoms with E-state index in [9.17, 15) is 4.79 Å². The molecule has 1 aromatic rings. The molecule has 0 saturated heterocycles. The minimum absolute atomic E-state index is 0.302. The van der Waals surface area contributed by atoms with Crippen molar-refractivity contribution in [2.24, 2.45) is 0 Å². The third-order valence-electron chi connectivity index (χ3n) is 2.52. The van der Waals surface area contributed by atoms with Gasteiger partial charge >= 0.3 is 0 Å². The van der Waals surface area contributed by atoms with Gasteiger partial charge in [0.25, 0.3) is 5.91 Å². The maximum absolute atomic E-state index is 12.1. The largest absolute Gasteiger partial charge is 0.496 e. The van der Waals surface area contributed by atoms with Crippen LogP contribution in [-0.4, -0.2) is 26.2 Å². The quantitative estimate of drug-likeness (QED) is 0.861. The van der Waals surface area contributed by atoms with Crippen LogP contribution in [0.1, 0.15) is 23.7 Å². The average Bonchev–Trinajstić information content (AvgIpc) is 2.43. The Hall–Kier alpha value is -2.22. The number of hydrogen-bond donors (Lipinski definition) is 1. The molecule has 0 heterocycles. The Morgan fingerprint density at radius 1 is 1.39 bits per heavy atom. The molecule has 0 bridgehead atoms. The van der Waals surface area contributed by atoms with Crippen LogP contribution in [0.2, 0.25) is 0 Å². The zero-order chi connectivity index (χ0) is 13.5. The number of rotatable bonds is 5. The van der Waals surface area contributed by atoms with Gasteiger partial charge in [0.05, 0.1) is 20.3 Å². The zero-order valence-electron chi connectivity index (χ0n) is 10.7. The summed E-state index contributed by atoms with van der Waals surface area (Å²) in [6, 6.07) is 6.57. The SMILES string of the molecule is CCC(C#N)NC(=O)c1c(OC)cccc1OC. The first-order chi connectivity index (χ1) is 8.67. The fraction of sp³-hybridized carbons (Fsp3) is 0.385. The lowest BCUT2D eigenvalue weighted by atomic mass is 10.1. The molecule has 0 spiro atoms. The van der Waals surface area contributed by atoms with Gasteiger partial charge in [-0.1, -0.05) is 13.0 Å². The summed E-state index contributed by atoms with van der Waals surface area (Å²) >= 11 is 0. The van der Waals surface area contributed by atoms with Crippen LogP contribution in [0.3, 0.4) is 0 Å². The van der Waals surface area contributed by atoms with Gasteiger partial charge in [-0.05, 0) is 18.6 Å². The highest BCUT2D eigenvalue weighted by atomic mass is 16.5. The number of nitrogens with zero attached hydrogens (tertiary/aromatic N) is 1. The Bertz CT molecular complexity index is 444. The molecule has 5 nitrogen and oxygen atoms in total. The number of benzene rings is 1. The normalized spacial score (nSPS) is 11.2. The van der Waals surface area contributed by atoms with Crippen molar-refractivity contribution in [2.75, 3.05) is 14.2 Å². The Morgan fingerprint density at radius 2 is 1.94 bits per heavy atom. The third-order valence-corrected chi connectivity index (χ3v) is 2.52. The van der Waals surface area contributed by atoms with E-state index in [0.717, 1.165) is 0 Å². The molecule has 1 atom stereocenters. The number of carbonyl (C=O) groups is 1. The van der Waals surface area contributed by atoms with Crippen molar-refractivity contribution in [3.05, 3.63) is 23.8 Å². The van der Waals surface area contributed by atoms with Crippen LogP contribution in [-0.2, 0) is 0 Å². The van der Waals surface area contributed by atoms with Crippen molar-refractivity contribution in [3.63, 3.8) is 0 Å². The van der Waals surface area contributed by atoms with Crippen molar-refractivity contribution < 1.29 is 14.3 Å². The highest BCUT2D eigenvalue weighted by Gasteiger charge is 2.20. The first-order valence-corrected chi connectivity index (χ1v) is 5.59. The number of hydrogen-bond acceptors (Lipinski definition) is 4. The highest BCUT2D eigenvalue weighted by Crippen LogP contribution is 2.28. The Labute approximate surface area is 106 Å². The number of ether oxygens (including phenoxy) is 2. The smallest absolute Gasteiger partial charge is 0.259 e. The van der Waals surface area contributed by atoms with Crippen molar-refractivity contribution in [1.82, 2.24) is 5.32 Å². The van der Waals surface area contributed by atoms with E-state index in [0.29, 0.717) is 23.5 Å². The first-order valence-electron chi connectivity index (χ1n) is 5.59. The summed E-state index contributed by atoms with van der Waals surface area (Å²) in [5, 5.41) is 11.5. The van der Waals surface area contributed by atoms with E-state index < -0.39 is 6.04 Å². The van der Waals surface area contributed by atoms with Gasteiger partial charge in [-0.3, -0.25) is 4.79 Å². The molecule has 0 saturated carbocycles.